The Morgan fingerprint density at radius 2 is 2.28 bits per heavy atom. The van der Waals surface area contributed by atoms with Crippen LogP contribution in [0.4, 0.5) is 10.5 Å². The summed E-state index contributed by atoms with van der Waals surface area (Å²) in [6.07, 6.45) is 1.87. The number of urea groups is 1. The van der Waals surface area contributed by atoms with Gasteiger partial charge in [-0.05, 0) is 36.0 Å². The molecular formula is C14H21N3O. The average molecular weight is 247 g/mol. The molecular weight excluding hydrogens is 226 g/mol. The maximum absolute atomic E-state index is 11.7. The van der Waals surface area contributed by atoms with E-state index >= 15 is 0 Å². The van der Waals surface area contributed by atoms with E-state index in [4.69, 9.17) is 5.73 Å². The second-order valence-electron chi connectivity index (χ2n) is 5.25. The largest absolute Gasteiger partial charge is 0.398 e. The molecule has 1 unspecified atom stereocenters. The summed E-state index contributed by atoms with van der Waals surface area (Å²) >= 11 is 0. The number of nitrogens with one attached hydrogen (secondary N) is 2. The van der Waals surface area contributed by atoms with Crippen LogP contribution in [-0.2, 0) is 6.42 Å². The second kappa shape index (κ2) is 5.29. The van der Waals surface area contributed by atoms with Crippen LogP contribution in [0.2, 0.25) is 0 Å². The van der Waals surface area contributed by atoms with Crippen LogP contribution in [-0.4, -0.2) is 12.6 Å². The van der Waals surface area contributed by atoms with Crippen molar-refractivity contribution < 1.29 is 4.79 Å². The lowest BCUT2D eigenvalue weighted by molar-refractivity contribution is 0.235. The van der Waals surface area contributed by atoms with Crippen molar-refractivity contribution in [2.75, 3.05) is 12.3 Å². The quantitative estimate of drug-likeness (QED) is 0.717. The molecule has 0 saturated heterocycles. The number of carbonyl (C=O) groups is 1. The molecule has 0 spiro atoms. The highest BCUT2D eigenvalue weighted by Crippen LogP contribution is 2.34. The molecule has 0 fully saturated rings. The minimum absolute atomic E-state index is 0.0932. The Kier molecular flexibility index (Phi) is 3.75. The fourth-order valence-electron chi connectivity index (χ4n) is 2.34. The molecule has 4 N–H and O–H groups in total. The number of nitrogen functional groups attached to an aromatic ring is 1. The van der Waals surface area contributed by atoms with E-state index in [-0.39, 0.29) is 12.1 Å². The minimum atomic E-state index is -0.0935. The molecule has 0 bridgehead atoms. The number of anilines is 1. The van der Waals surface area contributed by atoms with Crippen LogP contribution in [0, 0.1) is 5.92 Å². The second-order valence-corrected chi connectivity index (χ2v) is 5.25. The maximum Gasteiger partial charge on any atom is 0.315 e. The predicted molar refractivity (Wildman–Crippen MR) is 73.3 cm³/mol. The zero-order valence-corrected chi connectivity index (χ0v) is 11.0. The summed E-state index contributed by atoms with van der Waals surface area (Å²) < 4.78 is 0. The van der Waals surface area contributed by atoms with Crippen molar-refractivity contribution in [1.82, 2.24) is 10.6 Å². The first-order valence-electron chi connectivity index (χ1n) is 6.49. The zero-order chi connectivity index (χ0) is 13.1. The normalized spacial score (nSPS) is 17.6. The smallest absolute Gasteiger partial charge is 0.315 e. The topological polar surface area (TPSA) is 67.2 Å². The number of rotatable bonds is 3. The monoisotopic (exact) mass is 247 g/mol. The molecule has 1 atom stereocenters. The van der Waals surface area contributed by atoms with Crippen LogP contribution >= 0.6 is 0 Å². The molecule has 98 valence electrons. The molecule has 0 saturated carbocycles. The van der Waals surface area contributed by atoms with Gasteiger partial charge in [0.2, 0.25) is 0 Å². The van der Waals surface area contributed by atoms with Crippen molar-refractivity contribution in [3.8, 4) is 0 Å². The van der Waals surface area contributed by atoms with Gasteiger partial charge in [-0.3, -0.25) is 0 Å². The van der Waals surface area contributed by atoms with E-state index in [1.807, 2.05) is 18.2 Å². The summed E-state index contributed by atoms with van der Waals surface area (Å²) in [6, 6.07) is 5.91. The van der Waals surface area contributed by atoms with E-state index in [1.54, 1.807) is 0 Å². The lowest BCUT2D eigenvalue weighted by Crippen LogP contribution is -2.39. The van der Waals surface area contributed by atoms with Gasteiger partial charge in [-0.2, -0.15) is 0 Å². The maximum atomic E-state index is 11.7. The van der Waals surface area contributed by atoms with Gasteiger partial charge in [-0.25, -0.2) is 4.79 Å². The summed E-state index contributed by atoms with van der Waals surface area (Å²) in [5.41, 5.74) is 9.12. The van der Waals surface area contributed by atoms with Crippen LogP contribution in [0.3, 0.4) is 0 Å². The molecule has 18 heavy (non-hydrogen) atoms. The fourth-order valence-corrected chi connectivity index (χ4v) is 2.34. The molecule has 0 radical (unpaired) electrons. The average Bonchev–Trinajstić information content (AvgIpc) is 2.72. The molecule has 4 heteroatoms. The van der Waals surface area contributed by atoms with Crippen LogP contribution in [0.15, 0.2) is 18.2 Å². The predicted octanol–water partition coefficient (Wildman–Crippen LogP) is 2.21. The Hall–Kier alpha value is -1.71. The van der Waals surface area contributed by atoms with Crippen molar-refractivity contribution in [3.63, 3.8) is 0 Å². The summed E-state index contributed by atoms with van der Waals surface area (Å²) in [5.74, 6) is 0.460. The lowest BCUT2D eigenvalue weighted by atomic mass is 10.1. The molecule has 1 aliphatic rings. The summed E-state index contributed by atoms with van der Waals surface area (Å²) in [7, 11) is 0. The number of carbonyl (C=O) groups excluding carboxylic acids is 1. The minimum Gasteiger partial charge on any atom is -0.398 e. The molecule has 0 heterocycles. The first-order valence-corrected chi connectivity index (χ1v) is 6.49. The molecule has 2 rings (SSSR count). The van der Waals surface area contributed by atoms with Gasteiger partial charge in [0.25, 0.3) is 0 Å². The van der Waals surface area contributed by atoms with Crippen molar-refractivity contribution in [1.29, 1.82) is 0 Å². The molecule has 4 nitrogen and oxygen atoms in total. The molecule has 2 amide bonds. The van der Waals surface area contributed by atoms with Gasteiger partial charge < -0.3 is 16.4 Å². The van der Waals surface area contributed by atoms with Gasteiger partial charge >= 0.3 is 6.03 Å². The standard InChI is InChI=1S/C14H21N3O/c1-9(2)8-16-14(18)17-13-7-6-10-11(13)4-3-5-12(10)15/h3-5,9,13H,6-8,15H2,1-2H3,(H2,16,17,18). The van der Waals surface area contributed by atoms with Gasteiger partial charge in [0.05, 0.1) is 6.04 Å². The molecule has 1 aliphatic carbocycles. The van der Waals surface area contributed by atoms with Crippen molar-refractivity contribution in [2.24, 2.45) is 5.92 Å². The van der Waals surface area contributed by atoms with Gasteiger partial charge in [0.1, 0.15) is 0 Å². The van der Waals surface area contributed by atoms with Crippen LogP contribution in [0.1, 0.15) is 37.4 Å². The number of benzene rings is 1. The van der Waals surface area contributed by atoms with E-state index in [2.05, 4.69) is 24.5 Å². The molecule has 1 aromatic carbocycles. The van der Waals surface area contributed by atoms with Gasteiger partial charge in [-0.15, -0.1) is 0 Å². The Bertz CT molecular complexity index is 443. The Labute approximate surface area is 108 Å². The number of hydrogen-bond donors (Lipinski definition) is 3. The first kappa shape index (κ1) is 12.7. The van der Waals surface area contributed by atoms with Crippen molar-refractivity contribution >= 4 is 11.7 Å². The number of amides is 2. The van der Waals surface area contributed by atoms with E-state index < -0.39 is 0 Å². The Balaban J connectivity index is 1.97. The summed E-state index contributed by atoms with van der Waals surface area (Å²) in [5, 5.41) is 5.89. The number of hydrogen-bond acceptors (Lipinski definition) is 2. The Morgan fingerprint density at radius 1 is 1.50 bits per heavy atom. The summed E-state index contributed by atoms with van der Waals surface area (Å²) in [4.78, 5) is 11.7. The zero-order valence-electron chi connectivity index (χ0n) is 11.0. The Morgan fingerprint density at radius 3 is 3.00 bits per heavy atom. The van der Waals surface area contributed by atoms with E-state index in [9.17, 15) is 4.79 Å². The highest BCUT2D eigenvalue weighted by molar-refractivity contribution is 5.75. The molecule has 0 aliphatic heterocycles. The first-order chi connectivity index (χ1) is 8.58. The van der Waals surface area contributed by atoms with E-state index in [0.717, 1.165) is 24.1 Å². The van der Waals surface area contributed by atoms with Gasteiger partial charge in [0, 0.05) is 12.2 Å². The third-order valence-corrected chi connectivity index (χ3v) is 3.28. The third kappa shape index (κ3) is 2.75. The lowest BCUT2D eigenvalue weighted by Gasteiger charge is -2.16. The molecule has 1 aromatic rings. The third-order valence-electron chi connectivity index (χ3n) is 3.28. The number of nitrogens with two attached hydrogens (primary N) is 1. The SMILES string of the molecule is CC(C)CNC(=O)NC1CCc2c(N)cccc21. The van der Waals surface area contributed by atoms with Crippen molar-refractivity contribution in [3.05, 3.63) is 29.3 Å². The highest BCUT2D eigenvalue weighted by atomic mass is 16.2. The van der Waals surface area contributed by atoms with Crippen molar-refractivity contribution in [2.45, 2.75) is 32.7 Å². The van der Waals surface area contributed by atoms with E-state index in [1.165, 1.54) is 5.56 Å². The number of fused-ring (bicyclic) bond motifs is 1. The fraction of sp³-hybridized carbons (Fsp3) is 0.500. The van der Waals surface area contributed by atoms with E-state index in [0.29, 0.717) is 12.5 Å². The summed E-state index contributed by atoms with van der Waals surface area (Å²) in [6.45, 7) is 4.85. The van der Waals surface area contributed by atoms with Crippen LogP contribution in [0.5, 0.6) is 0 Å². The van der Waals surface area contributed by atoms with Gasteiger partial charge in [-0.1, -0.05) is 26.0 Å². The molecule has 0 aromatic heterocycles. The van der Waals surface area contributed by atoms with Crippen LogP contribution in [0.25, 0.3) is 0 Å². The van der Waals surface area contributed by atoms with Gasteiger partial charge in [0.15, 0.2) is 0 Å². The highest BCUT2D eigenvalue weighted by Gasteiger charge is 2.25. The van der Waals surface area contributed by atoms with Crippen LogP contribution < -0.4 is 16.4 Å².